The number of amides is 1. The zero-order chi connectivity index (χ0) is 18.1. The molecule has 0 spiro atoms. The molecule has 0 N–H and O–H groups in total. The molecule has 0 aliphatic carbocycles. The summed E-state index contributed by atoms with van der Waals surface area (Å²) in [5, 5.41) is 0.416. The lowest BCUT2D eigenvalue weighted by Crippen LogP contribution is -2.51. The normalized spacial score (nSPS) is 22.0. The standard InChI is InChI=1S/C15H20Cl2N2O4S/c1-10-7-19(8-11(2)23-10)15(20)9-18(3)24(21,22)12-4-5-13(16)14(17)6-12/h4-6,10-11H,7-9H2,1-3H3. The van der Waals surface area contributed by atoms with Gasteiger partial charge in [-0.2, -0.15) is 4.31 Å². The smallest absolute Gasteiger partial charge is 0.243 e. The quantitative estimate of drug-likeness (QED) is 0.785. The summed E-state index contributed by atoms with van der Waals surface area (Å²) in [6, 6.07) is 4.06. The fourth-order valence-corrected chi connectivity index (χ4v) is 4.08. The lowest BCUT2D eigenvalue weighted by molar-refractivity contribution is -0.143. The van der Waals surface area contributed by atoms with Crippen molar-refractivity contribution >= 4 is 39.1 Å². The van der Waals surface area contributed by atoms with Crippen LogP contribution in [0.4, 0.5) is 0 Å². The summed E-state index contributed by atoms with van der Waals surface area (Å²) < 4.78 is 31.7. The number of morpholine rings is 1. The van der Waals surface area contributed by atoms with E-state index in [1.54, 1.807) is 4.90 Å². The molecule has 2 atom stereocenters. The largest absolute Gasteiger partial charge is 0.372 e. The summed E-state index contributed by atoms with van der Waals surface area (Å²) in [6.07, 6.45) is -0.149. The van der Waals surface area contributed by atoms with Crippen LogP contribution in [-0.4, -0.2) is 62.4 Å². The fraction of sp³-hybridized carbons (Fsp3) is 0.533. The third kappa shape index (κ3) is 4.40. The number of carbonyl (C=O) groups excluding carboxylic acids is 1. The Hall–Kier alpha value is -0.860. The molecule has 2 rings (SSSR count). The summed E-state index contributed by atoms with van der Waals surface area (Å²) in [4.78, 5) is 14.0. The van der Waals surface area contributed by atoms with Gasteiger partial charge < -0.3 is 9.64 Å². The molecule has 1 aromatic carbocycles. The van der Waals surface area contributed by atoms with Gasteiger partial charge in [0.05, 0.1) is 33.7 Å². The zero-order valence-electron chi connectivity index (χ0n) is 13.7. The Balaban J connectivity index is 2.11. The SMILES string of the molecule is CC1CN(C(=O)CN(C)S(=O)(=O)c2ccc(Cl)c(Cl)c2)CC(C)O1. The highest BCUT2D eigenvalue weighted by Gasteiger charge is 2.29. The van der Waals surface area contributed by atoms with Crippen molar-refractivity contribution in [1.82, 2.24) is 9.21 Å². The van der Waals surface area contributed by atoms with Gasteiger partial charge in [0, 0.05) is 20.1 Å². The van der Waals surface area contributed by atoms with E-state index in [0.717, 1.165) is 4.31 Å². The maximum absolute atomic E-state index is 12.6. The van der Waals surface area contributed by atoms with Crippen LogP contribution in [0.3, 0.4) is 0 Å². The Morgan fingerprint density at radius 1 is 1.25 bits per heavy atom. The Morgan fingerprint density at radius 3 is 2.38 bits per heavy atom. The van der Waals surface area contributed by atoms with Gasteiger partial charge >= 0.3 is 0 Å². The van der Waals surface area contributed by atoms with Crippen LogP contribution in [-0.2, 0) is 19.6 Å². The van der Waals surface area contributed by atoms with Crippen molar-refractivity contribution in [1.29, 1.82) is 0 Å². The molecule has 24 heavy (non-hydrogen) atoms. The molecule has 1 aliphatic heterocycles. The van der Waals surface area contributed by atoms with E-state index in [1.807, 2.05) is 13.8 Å². The second-order valence-corrected chi connectivity index (χ2v) is 8.75. The van der Waals surface area contributed by atoms with Gasteiger partial charge in [0.15, 0.2) is 0 Å². The van der Waals surface area contributed by atoms with Crippen LogP contribution >= 0.6 is 23.2 Å². The second kappa shape index (κ2) is 7.58. The van der Waals surface area contributed by atoms with E-state index in [4.69, 9.17) is 27.9 Å². The van der Waals surface area contributed by atoms with Gasteiger partial charge in [0.1, 0.15) is 0 Å². The van der Waals surface area contributed by atoms with E-state index in [1.165, 1.54) is 25.2 Å². The Bertz CT molecular complexity index is 716. The maximum Gasteiger partial charge on any atom is 0.243 e. The highest BCUT2D eigenvalue weighted by atomic mass is 35.5. The highest BCUT2D eigenvalue weighted by Crippen LogP contribution is 2.26. The van der Waals surface area contributed by atoms with E-state index in [-0.39, 0.29) is 39.6 Å². The fourth-order valence-electron chi connectivity index (χ4n) is 2.57. The van der Waals surface area contributed by atoms with Gasteiger partial charge in [0.2, 0.25) is 15.9 Å². The summed E-state index contributed by atoms with van der Waals surface area (Å²) in [6.45, 7) is 4.41. The average Bonchev–Trinajstić information content (AvgIpc) is 2.48. The van der Waals surface area contributed by atoms with Crippen LogP contribution in [0.1, 0.15) is 13.8 Å². The van der Waals surface area contributed by atoms with Crippen molar-refractivity contribution in [2.45, 2.75) is 31.0 Å². The van der Waals surface area contributed by atoms with E-state index >= 15 is 0 Å². The zero-order valence-corrected chi connectivity index (χ0v) is 16.0. The predicted octanol–water partition coefficient (Wildman–Crippen LogP) is 2.25. The first-order chi connectivity index (χ1) is 11.1. The molecular formula is C15H20Cl2N2O4S. The Labute approximate surface area is 152 Å². The highest BCUT2D eigenvalue weighted by molar-refractivity contribution is 7.89. The molecule has 1 heterocycles. The molecule has 1 aromatic rings. The minimum atomic E-state index is -3.83. The predicted molar refractivity (Wildman–Crippen MR) is 92.9 cm³/mol. The molecule has 9 heteroatoms. The molecule has 2 unspecified atom stereocenters. The second-order valence-electron chi connectivity index (χ2n) is 5.89. The first-order valence-electron chi connectivity index (χ1n) is 7.46. The van der Waals surface area contributed by atoms with Crippen molar-refractivity contribution in [2.24, 2.45) is 0 Å². The first-order valence-corrected chi connectivity index (χ1v) is 9.65. The Kier molecular flexibility index (Phi) is 6.14. The number of benzene rings is 1. The van der Waals surface area contributed by atoms with Gasteiger partial charge in [-0.3, -0.25) is 4.79 Å². The van der Waals surface area contributed by atoms with Crippen LogP contribution in [0.25, 0.3) is 0 Å². The van der Waals surface area contributed by atoms with Crippen LogP contribution in [0.5, 0.6) is 0 Å². The average molecular weight is 395 g/mol. The summed E-state index contributed by atoms with van der Waals surface area (Å²) in [7, 11) is -2.46. The third-order valence-corrected chi connectivity index (χ3v) is 6.27. The van der Waals surface area contributed by atoms with Gasteiger partial charge in [-0.05, 0) is 32.0 Å². The van der Waals surface area contributed by atoms with E-state index in [2.05, 4.69) is 0 Å². The molecule has 1 aliphatic rings. The molecule has 1 amide bonds. The van der Waals surface area contributed by atoms with Gasteiger partial charge in [-0.25, -0.2) is 8.42 Å². The van der Waals surface area contributed by atoms with Gasteiger partial charge in [-0.1, -0.05) is 23.2 Å². The number of hydrogen-bond donors (Lipinski definition) is 0. The lowest BCUT2D eigenvalue weighted by Gasteiger charge is -2.36. The molecule has 0 radical (unpaired) electrons. The number of sulfonamides is 1. The molecule has 6 nitrogen and oxygen atoms in total. The number of hydrogen-bond acceptors (Lipinski definition) is 4. The van der Waals surface area contributed by atoms with Gasteiger partial charge in [0.25, 0.3) is 0 Å². The molecular weight excluding hydrogens is 375 g/mol. The number of likely N-dealkylation sites (N-methyl/N-ethyl adjacent to an activating group) is 1. The van der Waals surface area contributed by atoms with Crippen molar-refractivity contribution < 1.29 is 17.9 Å². The number of nitrogens with zero attached hydrogens (tertiary/aromatic N) is 2. The number of halogens is 2. The van der Waals surface area contributed by atoms with Crippen molar-refractivity contribution in [2.75, 3.05) is 26.7 Å². The molecule has 1 saturated heterocycles. The molecule has 0 bridgehead atoms. The van der Waals surface area contributed by atoms with Crippen molar-refractivity contribution in [3.05, 3.63) is 28.2 Å². The van der Waals surface area contributed by atoms with Crippen LogP contribution in [0.15, 0.2) is 23.1 Å². The van der Waals surface area contributed by atoms with Crippen molar-refractivity contribution in [3.63, 3.8) is 0 Å². The number of rotatable bonds is 4. The summed E-state index contributed by atoms with van der Waals surface area (Å²) >= 11 is 11.7. The lowest BCUT2D eigenvalue weighted by atomic mass is 10.2. The van der Waals surface area contributed by atoms with E-state index in [0.29, 0.717) is 13.1 Å². The number of ether oxygens (including phenoxy) is 1. The molecule has 134 valence electrons. The van der Waals surface area contributed by atoms with Gasteiger partial charge in [-0.15, -0.1) is 0 Å². The first kappa shape index (κ1) is 19.5. The molecule has 0 aromatic heterocycles. The minimum absolute atomic E-state index is 0.00378. The topological polar surface area (TPSA) is 66.9 Å². The van der Waals surface area contributed by atoms with Crippen LogP contribution in [0, 0.1) is 0 Å². The molecule has 0 saturated carbocycles. The van der Waals surface area contributed by atoms with Crippen LogP contribution in [0.2, 0.25) is 10.0 Å². The third-order valence-electron chi connectivity index (χ3n) is 3.73. The summed E-state index contributed by atoms with van der Waals surface area (Å²) in [5.74, 6) is -0.261. The Morgan fingerprint density at radius 2 is 1.83 bits per heavy atom. The number of carbonyl (C=O) groups is 1. The van der Waals surface area contributed by atoms with E-state index in [9.17, 15) is 13.2 Å². The molecule has 1 fully saturated rings. The van der Waals surface area contributed by atoms with Crippen LogP contribution < -0.4 is 0 Å². The summed E-state index contributed by atoms with van der Waals surface area (Å²) in [5.41, 5.74) is 0. The minimum Gasteiger partial charge on any atom is -0.372 e. The maximum atomic E-state index is 12.6. The van der Waals surface area contributed by atoms with E-state index < -0.39 is 10.0 Å². The monoisotopic (exact) mass is 394 g/mol. The van der Waals surface area contributed by atoms with Crippen molar-refractivity contribution in [3.8, 4) is 0 Å².